The molecular formula is C16H23ClN2O2. The summed E-state index contributed by atoms with van der Waals surface area (Å²) < 4.78 is 5.70. The third kappa shape index (κ3) is 4.61. The molecule has 21 heavy (non-hydrogen) atoms. The number of nitrogens with zero attached hydrogens (tertiary/aromatic N) is 1. The minimum Gasteiger partial charge on any atom is -0.483 e. The van der Waals surface area contributed by atoms with Gasteiger partial charge in [-0.2, -0.15) is 0 Å². The van der Waals surface area contributed by atoms with Gasteiger partial charge in [-0.05, 0) is 44.7 Å². The molecule has 0 radical (unpaired) electrons. The van der Waals surface area contributed by atoms with Gasteiger partial charge in [0.1, 0.15) is 5.75 Å². The highest BCUT2D eigenvalue weighted by atomic mass is 35.5. The predicted molar refractivity (Wildman–Crippen MR) is 84.7 cm³/mol. The molecule has 2 N–H and O–H groups in total. The summed E-state index contributed by atoms with van der Waals surface area (Å²) in [7, 11) is 0. The number of benzene rings is 1. The third-order valence-electron chi connectivity index (χ3n) is 3.66. The molecule has 1 aliphatic rings. The Morgan fingerprint density at radius 2 is 2.10 bits per heavy atom. The summed E-state index contributed by atoms with van der Waals surface area (Å²) in [5, 5.41) is 0.634. The van der Waals surface area contributed by atoms with Crippen molar-refractivity contribution in [1.29, 1.82) is 0 Å². The first-order valence-corrected chi connectivity index (χ1v) is 7.89. The second-order valence-corrected chi connectivity index (χ2v) is 6.04. The molecule has 0 spiro atoms. The molecule has 0 aliphatic carbocycles. The normalized spacial score (nSPS) is 16.6. The molecule has 1 saturated heterocycles. The lowest BCUT2D eigenvalue weighted by molar-refractivity contribution is -0.134. The first kappa shape index (κ1) is 16.1. The number of nitrogens with two attached hydrogens (primary N) is 1. The van der Waals surface area contributed by atoms with Crippen LogP contribution in [0.15, 0.2) is 18.2 Å². The Balaban J connectivity index is 1.99. The predicted octanol–water partition coefficient (Wildman–Crippen LogP) is 2.62. The summed E-state index contributed by atoms with van der Waals surface area (Å²) in [6.45, 7) is 3.66. The van der Waals surface area contributed by atoms with E-state index in [4.69, 9.17) is 22.1 Å². The molecule has 116 valence electrons. The zero-order valence-corrected chi connectivity index (χ0v) is 13.2. The van der Waals surface area contributed by atoms with E-state index in [0.29, 0.717) is 17.2 Å². The Labute approximate surface area is 131 Å². The molecule has 0 saturated carbocycles. The summed E-state index contributed by atoms with van der Waals surface area (Å²) in [5.41, 5.74) is 6.72. The van der Waals surface area contributed by atoms with Crippen molar-refractivity contribution in [2.24, 2.45) is 5.73 Å². The van der Waals surface area contributed by atoms with Crippen LogP contribution in [0.5, 0.6) is 5.75 Å². The van der Waals surface area contributed by atoms with Crippen LogP contribution in [0.3, 0.4) is 0 Å². The topological polar surface area (TPSA) is 55.6 Å². The minimum atomic E-state index is -0.00922. The van der Waals surface area contributed by atoms with Gasteiger partial charge in [0.25, 0.3) is 5.91 Å². The first-order chi connectivity index (χ1) is 10.1. The molecule has 1 aromatic carbocycles. The number of carbonyl (C=O) groups is 1. The van der Waals surface area contributed by atoms with E-state index < -0.39 is 0 Å². The molecule has 0 aromatic heterocycles. The van der Waals surface area contributed by atoms with Gasteiger partial charge in [0.05, 0.1) is 0 Å². The van der Waals surface area contributed by atoms with E-state index in [2.05, 4.69) is 0 Å². The van der Waals surface area contributed by atoms with Crippen LogP contribution in [0, 0.1) is 0 Å². The van der Waals surface area contributed by atoms with Gasteiger partial charge in [-0.1, -0.05) is 17.7 Å². The van der Waals surface area contributed by atoms with Gasteiger partial charge < -0.3 is 15.4 Å². The fourth-order valence-corrected chi connectivity index (χ4v) is 2.81. The lowest BCUT2D eigenvalue weighted by Gasteiger charge is -2.26. The fraction of sp³-hybridized carbons (Fsp3) is 0.562. The van der Waals surface area contributed by atoms with E-state index in [9.17, 15) is 4.79 Å². The summed E-state index contributed by atoms with van der Waals surface area (Å²) in [6.07, 6.45) is 4.00. The first-order valence-electron chi connectivity index (χ1n) is 7.51. The van der Waals surface area contributed by atoms with Gasteiger partial charge in [-0.3, -0.25) is 4.79 Å². The molecule has 5 heteroatoms. The number of ether oxygens (including phenoxy) is 1. The van der Waals surface area contributed by atoms with Crippen LogP contribution in [-0.4, -0.2) is 36.5 Å². The molecule has 1 heterocycles. The monoisotopic (exact) mass is 310 g/mol. The molecule has 1 unspecified atom stereocenters. The lowest BCUT2D eigenvalue weighted by Crippen LogP contribution is -2.38. The van der Waals surface area contributed by atoms with Crippen molar-refractivity contribution < 1.29 is 9.53 Å². The van der Waals surface area contributed by atoms with Crippen molar-refractivity contribution in [3.05, 3.63) is 28.8 Å². The summed E-state index contributed by atoms with van der Waals surface area (Å²) in [5.74, 6) is 0.701. The van der Waals surface area contributed by atoms with Crippen molar-refractivity contribution in [3.63, 3.8) is 0 Å². The third-order valence-corrected chi connectivity index (χ3v) is 4.02. The Kier molecular flexibility index (Phi) is 5.88. The molecule has 1 aliphatic heterocycles. The lowest BCUT2D eigenvalue weighted by atomic mass is 10.1. The molecule has 1 fully saturated rings. The van der Waals surface area contributed by atoms with Crippen LogP contribution in [0.4, 0.5) is 0 Å². The van der Waals surface area contributed by atoms with Crippen molar-refractivity contribution in [2.45, 2.75) is 38.6 Å². The maximum absolute atomic E-state index is 12.1. The molecule has 0 bridgehead atoms. The largest absolute Gasteiger partial charge is 0.483 e. The van der Waals surface area contributed by atoms with Crippen LogP contribution in [-0.2, 0) is 11.2 Å². The van der Waals surface area contributed by atoms with Crippen LogP contribution >= 0.6 is 11.6 Å². The van der Waals surface area contributed by atoms with Gasteiger partial charge in [-0.15, -0.1) is 0 Å². The Morgan fingerprint density at radius 3 is 2.76 bits per heavy atom. The van der Waals surface area contributed by atoms with Crippen LogP contribution in [0.1, 0.15) is 31.7 Å². The molecule has 1 aromatic rings. The van der Waals surface area contributed by atoms with Crippen molar-refractivity contribution in [1.82, 2.24) is 4.90 Å². The average molecular weight is 311 g/mol. The molecule has 1 atom stereocenters. The summed E-state index contributed by atoms with van der Waals surface area (Å²) >= 11 is 6.21. The van der Waals surface area contributed by atoms with Gasteiger partial charge in [0, 0.05) is 29.7 Å². The number of carbonyl (C=O) groups excluding carboxylic acids is 1. The van der Waals surface area contributed by atoms with E-state index in [-0.39, 0.29) is 18.6 Å². The summed E-state index contributed by atoms with van der Waals surface area (Å²) in [6, 6.07) is 5.48. The van der Waals surface area contributed by atoms with Crippen molar-refractivity contribution in [3.8, 4) is 5.75 Å². The highest BCUT2D eigenvalue weighted by Gasteiger charge is 2.18. The number of hydrogen-bond acceptors (Lipinski definition) is 3. The summed E-state index contributed by atoms with van der Waals surface area (Å²) in [4.78, 5) is 14.0. The Hall–Kier alpha value is -1.26. The zero-order chi connectivity index (χ0) is 15.2. The number of rotatable bonds is 5. The average Bonchev–Trinajstić information content (AvgIpc) is 2.48. The minimum absolute atomic E-state index is 0.00922. The van der Waals surface area contributed by atoms with E-state index in [1.54, 1.807) is 0 Å². The van der Waals surface area contributed by atoms with Gasteiger partial charge >= 0.3 is 0 Å². The van der Waals surface area contributed by atoms with E-state index in [1.807, 2.05) is 30.0 Å². The molecule has 1 amide bonds. The highest BCUT2D eigenvalue weighted by molar-refractivity contribution is 6.31. The number of likely N-dealkylation sites (tertiary alicyclic amines) is 1. The van der Waals surface area contributed by atoms with Crippen LogP contribution < -0.4 is 10.5 Å². The van der Waals surface area contributed by atoms with Crippen molar-refractivity contribution >= 4 is 17.5 Å². The maximum Gasteiger partial charge on any atom is 0.260 e. The highest BCUT2D eigenvalue weighted by Crippen LogP contribution is 2.27. The van der Waals surface area contributed by atoms with Gasteiger partial charge in [0.2, 0.25) is 0 Å². The fourth-order valence-electron chi connectivity index (χ4n) is 2.57. The molecule has 2 rings (SSSR count). The second-order valence-electron chi connectivity index (χ2n) is 5.63. The molecular weight excluding hydrogens is 288 g/mol. The second kappa shape index (κ2) is 7.66. The van der Waals surface area contributed by atoms with Crippen molar-refractivity contribution in [2.75, 3.05) is 19.7 Å². The zero-order valence-electron chi connectivity index (χ0n) is 12.5. The Bertz CT molecular complexity index is 485. The van der Waals surface area contributed by atoms with E-state index in [0.717, 1.165) is 31.5 Å². The maximum atomic E-state index is 12.1. The molecule has 4 nitrogen and oxygen atoms in total. The van der Waals surface area contributed by atoms with Crippen LogP contribution in [0.2, 0.25) is 5.02 Å². The van der Waals surface area contributed by atoms with E-state index >= 15 is 0 Å². The number of halogens is 1. The van der Waals surface area contributed by atoms with E-state index in [1.165, 1.54) is 6.42 Å². The smallest absolute Gasteiger partial charge is 0.260 e. The quantitative estimate of drug-likeness (QED) is 0.909. The number of amides is 1. The van der Waals surface area contributed by atoms with Crippen LogP contribution in [0.25, 0.3) is 0 Å². The SMILES string of the molecule is CC(N)Cc1c(Cl)cccc1OCC(=O)N1CCCCC1. The van der Waals surface area contributed by atoms with Gasteiger partial charge in [-0.25, -0.2) is 0 Å². The van der Waals surface area contributed by atoms with Gasteiger partial charge in [0.15, 0.2) is 6.61 Å². The Morgan fingerprint density at radius 1 is 1.38 bits per heavy atom. The number of hydrogen-bond donors (Lipinski definition) is 1. The standard InChI is InChI=1S/C16H23ClN2O2/c1-12(18)10-13-14(17)6-5-7-15(13)21-11-16(20)19-8-3-2-4-9-19/h5-7,12H,2-4,8-11,18H2,1H3. The number of piperidine rings is 1.